The Kier molecular flexibility index (Phi) is 2.67. The Labute approximate surface area is 177 Å². The van der Waals surface area contributed by atoms with Gasteiger partial charge in [-0.15, -0.1) is 0 Å². The van der Waals surface area contributed by atoms with Crippen LogP contribution in [-0.2, 0) is 0 Å². The van der Waals surface area contributed by atoms with Crippen LogP contribution in [0, 0.1) is 0 Å². The van der Waals surface area contributed by atoms with Crippen molar-refractivity contribution in [3.05, 3.63) is 78.9 Å². The van der Waals surface area contributed by atoms with Gasteiger partial charge in [0.15, 0.2) is 5.58 Å². The number of anilines is 3. The molecule has 5 aromatic rings. The third-order valence-corrected chi connectivity index (χ3v) is 6.37. The summed E-state index contributed by atoms with van der Waals surface area (Å²) in [6.45, 7) is 0.0479. The average Bonchev–Trinajstić information content (AvgIpc) is 3.23. The number of hydrogen-bond acceptors (Lipinski definition) is 5. The Morgan fingerprint density at radius 2 is 1.19 bits per heavy atom. The number of oxazole rings is 1. The number of ether oxygens (including phenoxy) is 2. The maximum absolute atomic E-state index is 6.33. The molecule has 0 saturated heterocycles. The van der Waals surface area contributed by atoms with E-state index >= 15 is 0 Å². The molecule has 4 aromatic carbocycles. The Hall–Kier alpha value is -4.19. The summed E-state index contributed by atoms with van der Waals surface area (Å²) < 4.78 is 18.9. The van der Waals surface area contributed by atoms with Crippen molar-refractivity contribution in [2.24, 2.45) is 0 Å². The van der Waals surface area contributed by atoms with E-state index in [0.717, 1.165) is 61.9 Å². The summed E-state index contributed by atoms with van der Waals surface area (Å²) >= 11 is 0. The summed E-state index contributed by atoms with van der Waals surface area (Å²) in [4.78, 5) is 6.88. The summed E-state index contributed by atoms with van der Waals surface area (Å²) in [5, 5.41) is 0. The molecule has 0 bridgehead atoms. The predicted octanol–water partition coefficient (Wildman–Crippen LogP) is 4.34. The highest BCUT2D eigenvalue weighted by Gasteiger charge is 2.47. The maximum atomic E-state index is 6.33. The second-order valence-electron chi connectivity index (χ2n) is 7.98. The van der Waals surface area contributed by atoms with Crippen molar-refractivity contribution in [2.75, 3.05) is 4.90 Å². The highest BCUT2D eigenvalue weighted by atomic mass is 16.5. The zero-order chi connectivity index (χ0) is 20.1. The third kappa shape index (κ3) is 1.86. The first-order valence-corrected chi connectivity index (χ1v) is 10.3. The van der Waals surface area contributed by atoms with Gasteiger partial charge in [-0.1, -0.05) is 30.3 Å². The van der Waals surface area contributed by atoms with E-state index in [1.54, 1.807) is 0 Å². The van der Waals surface area contributed by atoms with E-state index in [4.69, 9.17) is 18.9 Å². The van der Waals surface area contributed by atoms with Gasteiger partial charge in [0.1, 0.15) is 28.5 Å². The quantitative estimate of drug-likeness (QED) is 0.384. The van der Waals surface area contributed by atoms with Crippen LogP contribution in [0.1, 0.15) is 0 Å². The molecule has 1 aromatic heterocycles. The first kappa shape index (κ1) is 15.6. The number of nitrogens with zero attached hydrogens (tertiary/aromatic N) is 2. The monoisotopic (exact) mass is 400 g/mol. The summed E-state index contributed by atoms with van der Waals surface area (Å²) in [5.41, 5.74) is 6.94. The largest absolute Gasteiger partial charge is 0.458 e. The molecule has 0 fully saturated rings. The molecule has 31 heavy (non-hydrogen) atoms. The zero-order valence-corrected chi connectivity index (χ0v) is 16.2. The second-order valence-corrected chi connectivity index (χ2v) is 7.98. The number of aromatic nitrogens is 1. The van der Waals surface area contributed by atoms with Crippen LogP contribution in [0.25, 0.3) is 11.1 Å². The maximum Gasteiger partial charge on any atom is 0.307 e. The lowest BCUT2D eigenvalue weighted by molar-refractivity contribution is 0.464. The van der Waals surface area contributed by atoms with Gasteiger partial charge in [0.2, 0.25) is 0 Å². The highest BCUT2D eigenvalue weighted by molar-refractivity contribution is 7.00. The number of benzene rings is 4. The van der Waals surface area contributed by atoms with Crippen molar-refractivity contribution in [1.82, 2.24) is 4.98 Å². The lowest BCUT2D eigenvalue weighted by atomic mass is 9.33. The standard InChI is InChI=1S/C25H13BN2O3/c1-2-9-17-14(6-1)27-25(31-17)28-15-7-3-10-18-22(15)26-23-16(28)8-4-11-19(23)30-21-13-5-12-20(29-18)24(21)26/h1-13H. The molecular weight excluding hydrogens is 387 g/mol. The van der Waals surface area contributed by atoms with Gasteiger partial charge in [-0.2, -0.15) is 4.98 Å². The average molecular weight is 400 g/mol. The van der Waals surface area contributed by atoms with Crippen LogP contribution in [0.15, 0.2) is 83.3 Å². The smallest absolute Gasteiger partial charge is 0.307 e. The van der Waals surface area contributed by atoms with E-state index in [0.29, 0.717) is 6.01 Å². The van der Waals surface area contributed by atoms with Crippen molar-refractivity contribution in [3.8, 4) is 23.0 Å². The van der Waals surface area contributed by atoms with Crippen LogP contribution in [0.3, 0.4) is 0 Å². The molecule has 3 aliphatic heterocycles. The molecule has 0 N–H and O–H groups in total. The minimum Gasteiger partial charge on any atom is -0.458 e. The molecule has 0 spiro atoms. The number of fused-ring (bicyclic) bond motifs is 1. The van der Waals surface area contributed by atoms with Crippen molar-refractivity contribution in [2.45, 2.75) is 0 Å². The van der Waals surface area contributed by atoms with Gasteiger partial charge in [0.05, 0.1) is 0 Å². The number of rotatable bonds is 1. The molecule has 144 valence electrons. The summed E-state index contributed by atoms with van der Waals surface area (Å²) in [6.07, 6.45) is 0. The van der Waals surface area contributed by atoms with Crippen LogP contribution in [0.5, 0.6) is 23.0 Å². The Morgan fingerprint density at radius 3 is 1.84 bits per heavy atom. The molecule has 5 nitrogen and oxygen atoms in total. The van der Waals surface area contributed by atoms with E-state index in [-0.39, 0.29) is 6.71 Å². The summed E-state index contributed by atoms with van der Waals surface area (Å²) in [5.74, 6) is 3.41. The Bertz CT molecular complexity index is 1470. The molecule has 3 aliphatic rings. The van der Waals surface area contributed by atoms with Gasteiger partial charge in [-0.3, -0.25) is 4.90 Å². The Balaban J connectivity index is 1.49. The molecule has 6 heteroatoms. The molecular formula is C25H13BN2O3. The van der Waals surface area contributed by atoms with E-state index in [1.165, 1.54) is 0 Å². The minimum atomic E-state index is 0.0479. The molecule has 0 atom stereocenters. The normalized spacial score (nSPS) is 14.2. The van der Waals surface area contributed by atoms with Crippen molar-refractivity contribution in [3.63, 3.8) is 0 Å². The third-order valence-electron chi connectivity index (χ3n) is 6.37. The SMILES string of the molecule is c1cc2c3c(c1)Oc1cccc4c1B3c1c(cccc1N4c1nc3ccccc3o1)O2. The fourth-order valence-electron chi connectivity index (χ4n) is 5.16. The van der Waals surface area contributed by atoms with E-state index in [1.807, 2.05) is 66.7 Å². The molecule has 0 aliphatic carbocycles. The van der Waals surface area contributed by atoms with Gasteiger partial charge in [0, 0.05) is 16.8 Å². The summed E-state index contributed by atoms with van der Waals surface area (Å²) in [7, 11) is 0. The fraction of sp³-hybridized carbons (Fsp3) is 0. The van der Waals surface area contributed by atoms with Crippen LogP contribution >= 0.6 is 0 Å². The highest BCUT2D eigenvalue weighted by Crippen LogP contribution is 2.45. The van der Waals surface area contributed by atoms with E-state index in [2.05, 4.69) is 17.0 Å². The lowest BCUT2D eigenvalue weighted by Gasteiger charge is -2.41. The molecule has 0 amide bonds. The van der Waals surface area contributed by atoms with Gasteiger partial charge in [0.25, 0.3) is 6.71 Å². The number of para-hydroxylation sites is 2. The van der Waals surface area contributed by atoms with E-state index in [9.17, 15) is 0 Å². The van der Waals surface area contributed by atoms with Gasteiger partial charge in [-0.05, 0) is 59.5 Å². The zero-order valence-electron chi connectivity index (χ0n) is 16.2. The first-order chi connectivity index (χ1) is 15.4. The summed E-state index contributed by atoms with van der Waals surface area (Å²) in [6, 6.07) is 26.7. The van der Waals surface area contributed by atoms with Gasteiger partial charge >= 0.3 is 6.01 Å². The van der Waals surface area contributed by atoms with Gasteiger partial charge in [-0.25, -0.2) is 0 Å². The minimum absolute atomic E-state index is 0.0479. The molecule has 0 radical (unpaired) electrons. The topological polar surface area (TPSA) is 47.7 Å². The first-order valence-electron chi connectivity index (χ1n) is 10.3. The van der Waals surface area contributed by atoms with Crippen LogP contribution in [-0.4, -0.2) is 11.7 Å². The molecule has 8 rings (SSSR count). The predicted molar refractivity (Wildman–Crippen MR) is 120 cm³/mol. The van der Waals surface area contributed by atoms with Gasteiger partial charge < -0.3 is 13.9 Å². The second kappa shape index (κ2) is 5.29. The lowest BCUT2D eigenvalue weighted by Crippen LogP contribution is -2.61. The fourth-order valence-corrected chi connectivity index (χ4v) is 5.16. The van der Waals surface area contributed by atoms with Crippen LogP contribution in [0.4, 0.5) is 17.4 Å². The van der Waals surface area contributed by atoms with Crippen molar-refractivity contribution < 1.29 is 13.9 Å². The van der Waals surface area contributed by atoms with Crippen molar-refractivity contribution in [1.29, 1.82) is 0 Å². The van der Waals surface area contributed by atoms with E-state index < -0.39 is 0 Å². The molecule has 4 heterocycles. The molecule has 0 saturated carbocycles. The Morgan fingerprint density at radius 1 is 0.613 bits per heavy atom. The number of hydrogen-bond donors (Lipinski definition) is 0. The molecule has 0 unspecified atom stereocenters. The van der Waals surface area contributed by atoms with Crippen LogP contribution in [0.2, 0.25) is 0 Å². The van der Waals surface area contributed by atoms with Crippen LogP contribution < -0.4 is 30.8 Å². The van der Waals surface area contributed by atoms with Crippen molar-refractivity contribution >= 4 is 51.6 Å².